The average Bonchev–Trinajstić information content (AvgIpc) is 2.97. The predicted octanol–water partition coefficient (Wildman–Crippen LogP) is 1.91. The Bertz CT molecular complexity index is 152. The van der Waals surface area contributed by atoms with E-state index in [0.717, 1.165) is 19.3 Å². The zero-order valence-electron chi connectivity index (χ0n) is 8.92. The van der Waals surface area contributed by atoms with Crippen molar-refractivity contribution in [2.75, 3.05) is 6.54 Å². The van der Waals surface area contributed by atoms with Gasteiger partial charge >= 0.3 is 0 Å². The van der Waals surface area contributed by atoms with Crippen molar-refractivity contribution in [1.82, 2.24) is 0 Å². The lowest BCUT2D eigenvalue weighted by Crippen LogP contribution is -2.41. The first-order valence-electron chi connectivity index (χ1n) is 5.58. The van der Waals surface area contributed by atoms with Gasteiger partial charge in [0.05, 0.1) is 5.60 Å². The molecule has 0 aromatic rings. The molecule has 2 nitrogen and oxygen atoms in total. The van der Waals surface area contributed by atoms with Crippen LogP contribution in [-0.2, 0) is 0 Å². The highest BCUT2D eigenvalue weighted by molar-refractivity contribution is 4.96. The van der Waals surface area contributed by atoms with Crippen LogP contribution < -0.4 is 5.73 Å². The van der Waals surface area contributed by atoms with Crippen LogP contribution in [0, 0.1) is 11.8 Å². The summed E-state index contributed by atoms with van der Waals surface area (Å²) in [5.41, 5.74) is 5.11. The van der Waals surface area contributed by atoms with Crippen molar-refractivity contribution in [1.29, 1.82) is 0 Å². The van der Waals surface area contributed by atoms with Gasteiger partial charge in [0.2, 0.25) is 0 Å². The Hall–Kier alpha value is -0.0800. The van der Waals surface area contributed by atoms with Crippen LogP contribution in [0.15, 0.2) is 0 Å². The molecular formula is C11H23NO. The van der Waals surface area contributed by atoms with Crippen molar-refractivity contribution in [3.63, 3.8) is 0 Å². The lowest BCUT2D eigenvalue weighted by molar-refractivity contribution is 0.00131. The molecule has 78 valence electrons. The van der Waals surface area contributed by atoms with Gasteiger partial charge in [-0.05, 0) is 31.1 Å². The average molecular weight is 185 g/mol. The van der Waals surface area contributed by atoms with Crippen LogP contribution in [0.2, 0.25) is 0 Å². The zero-order valence-corrected chi connectivity index (χ0v) is 8.92. The maximum atomic E-state index is 10.3. The molecule has 0 saturated heterocycles. The first kappa shape index (κ1) is 11.0. The molecule has 0 bridgehead atoms. The van der Waals surface area contributed by atoms with E-state index in [4.69, 9.17) is 5.73 Å². The van der Waals surface area contributed by atoms with E-state index in [1.807, 2.05) is 0 Å². The molecule has 1 rings (SSSR count). The van der Waals surface area contributed by atoms with Gasteiger partial charge in [0.25, 0.3) is 0 Å². The van der Waals surface area contributed by atoms with Gasteiger partial charge in [-0.3, -0.25) is 0 Å². The Kier molecular flexibility index (Phi) is 3.74. The Morgan fingerprint density at radius 1 is 1.38 bits per heavy atom. The summed E-state index contributed by atoms with van der Waals surface area (Å²) in [5, 5.41) is 10.3. The molecule has 0 aromatic carbocycles. The summed E-state index contributed by atoms with van der Waals surface area (Å²) in [4.78, 5) is 0. The molecule has 1 fully saturated rings. The van der Waals surface area contributed by atoms with E-state index < -0.39 is 5.60 Å². The number of hydrogen-bond donors (Lipinski definition) is 2. The molecule has 0 aliphatic heterocycles. The molecular weight excluding hydrogens is 162 g/mol. The Morgan fingerprint density at radius 2 is 1.92 bits per heavy atom. The third kappa shape index (κ3) is 2.68. The molecule has 1 aliphatic rings. The number of nitrogens with two attached hydrogens (primary N) is 1. The molecule has 0 spiro atoms. The van der Waals surface area contributed by atoms with Crippen molar-refractivity contribution in [3.8, 4) is 0 Å². The molecule has 0 heterocycles. The zero-order chi connectivity index (χ0) is 9.90. The fourth-order valence-electron chi connectivity index (χ4n) is 2.11. The largest absolute Gasteiger partial charge is 0.388 e. The highest BCUT2D eigenvalue weighted by Crippen LogP contribution is 2.43. The third-order valence-electron chi connectivity index (χ3n) is 3.49. The van der Waals surface area contributed by atoms with E-state index in [1.165, 1.54) is 12.8 Å². The van der Waals surface area contributed by atoms with Gasteiger partial charge in [0.1, 0.15) is 0 Å². The summed E-state index contributed by atoms with van der Waals surface area (Å²) in [6.07, 6.45) is 5.57. The van der Waals surface area contributed by atoms with Gasteiger partial charge in [0, 0.05) is 6.54 Å². The molecule has 1 saturated carbocycles. The number of hydrogen-bond acceptors (Lipinski definition) is 2. The van der Waals surface area contributed by atoms with E-state index >= 15 is 0 Å². The monoisotopic (exact) mass is 185 g/mol. The van der Waals surface area contributed by atoms with Crippen LogP contribution in [-0.4, -0.2) is 17.3 Å². The lowest BCUT2D eigenvalue weighted by Gasteiger charge is -2.30. The Labute approximate surface area is 81.5 Å². The van der Waals surface area contributed by atoms with E-state index in [1.54, 1.807) is 0 Å². The smallest absolute Gasteiger partial charge is 0.0800 e. The number of rotatable bonds is 6. The van der Waals surface area contributed by atoms with Gasteiger partial charge in [0.15, 0.2) is 0 Å². The van der Waals surface area contributed by atoms with Crippen LogP contribution in [0.3, 0.4) is 0 Å². The van der Waals surface area contributed by atoms with Crippen LogP contribution >= 0.6 is 0 Å². The first-order valence-corrected chi connectivity index (χ1v) is 5.58. The second-order valence-corrected chi connectivity index (χ2v) is 4.47. The van der Waals surface area contributed by atoms with Crippen molar-refractivity contribution < 1.29 is 5.11 Å². The lowest BCUT2D eigenvalue weighted by atomic mass is 9.84. The fourth-order valence-corrected chi connectivity index (χ4v) is 2.11. The second kappa shape index (κ2) is 4.43. The van der Waals surface area contributed by atoms with Gasteiger partial charge in [-0.25, -0.2) is 0 Å². The quantitative estimate of drug-likeness (QED) is 0.664. The van der Waals surface area contributed by atoms with Gasteiger partial charge in [-0.2, -0.15) is 0 Å². The third-order valence-corrected chi connectivity index (χ3v) is 3.49. The standard InChI is InChI=1S/C11H23NO/c1-3-9(4-2)7-11(13,8-12)10-5-6-10/h9-10,13H,3-8,12H2,1-2H3. The fraction of sp³-hybridized carbons (Fsp3) is 1.00. The molecule has 1 unspecified atom stereocenters. The minimum atomic E-state index is -0.545. The minimum Gasteiger partial charge on any atom is -0.388 e. The Balaban J connectivity index is 2.45. The van der Waals surface area contributed by atoms with E-state index in [0.29, 0.717) is 18.4 Å². The SMILES string of the molecule is CCC(CC)CC(O)(CN)C1CC1. The number of aliphatic hydroxyl groups is 1. The maximum absolute atomic E-state index is 10.3. The molecule has 1 aliphatic carbocycles. The van der Waals surface area contributed by atoms with Crippen molar-refractivity contribution in [3.05, 3.63) is 0 Å². The first-order chi connectivity index (χ1) is 6.16. The highest BCUT2D eigenvalue weighted by atomic mass is 16.3. The summed E-state index contributed by atoms with van der Waals surface area (Å²) < 4.78 is 0. The molecule has 0 aromatic heterocycles. The van der Waals surface area contributed by atoms with E-state index in [9.17, 15) is 5.11 Å². The van der Waals surface area contributed by atoms with Crippen molar-refractivity contribution in [2.24, 2.45) is 17.6 Å². The summed E-state index contributed by atoms with van der Waals surface area (Å²) in [6.45, 7) is 4.82. The van der Waals surface area contributed by atoms with Gasteiger partial charge in [-0.1, -0.05) is 26.7 Å². The molecule has 0 radical (unpaired) electrons. The summed E-state index contributed by atoms with van der Waals surface area (Å²) in [5.74, 6) is 1.15. The van der Waals surface area contributed by atoms with Crippen molar-refractivity contribution in [2.45, 2.75) is 51.6 Å². The van der Waals surface area contributed by atoms with E-state index in [-0.39, 0.29) is 0 Å². The summed E-state index contributed by atoms with van der Waals surface area (Å²) in [7, 11) is 0. The maximum Gasteiger partial charge on any atom is 0.0800 e. The molecule has 13 heavy (non-hydrogen) atoms. The van der Waals surface area contributed by atoms with E-state index in [2.05, 4.69) is 13.8 Å². The topological polar surface area (TPSA) is 46.2 Å². The summed E-state index contributed by atoms with van der Waals surface area (Å²) >= 11 is 0. The van der Waals surface area contributed by atoms with Crippen LogP contribution in [0.4, 0.5) is 0 Å². The summed E-state index contributed by atoms with van der Waals surface area (Å²) in [6, 6.07) is 0. The van der Waals surface area contributed by atoms with Gasteiger partial charge in [-0.15, -0.1) is 0 Å². The van der Waals surface area contributed by atoms with Crippen LogP contribution in [0.5, 0.6) is 0 Å². The van der Waals surface area contributed by atoms with Crippen molar-refractivity contribution >= 4 is 0 Å². The highest BCUT2D eigenvalue weighted by Gasteiger charge is 2.43. The molecule has 1 atom stereocenters. The minimum absolute atomic E-state index is 0.439. The van der Waals surface area contributed by atoms with Crippen LogP contribution in [0.1, 0.15) is 46.0 Å². The van der Waals surface area contributed by atoms with Crippen LogP contribution in [0.25, 0.3) is 0 Å². The van der Waals surface area contributed by atoms with Gasteiger partial charge < -0.3 is 10.8 Å². The predicted molar refractivity (Wildman–Crippen MR) is 55.4 cm³/mol. The second-order valence-electron chi connectivity index (χ2n) is 4.47. The molecule has 2 heteroatoms. The molecule has 3 N–H and O–H groups in total. The molecule has 0 amide bonds. The Morgan fingerprint density at radius 3 is 2.23 bits per heavy atom. The normalized spacial score (nSPS) is 21.9.